The third kappa shape index (κ3) is 2.30. The molecule has 0 aromatic carbocycles. The zero-order valence-corrected chi connectivity index (χ0v) is 17.1. The maximum absolute atomic E-state index is 14.4. The van der Waals surface area contributed by atoms with Gasteiger partial charge in [-0.05, 0) is 61.2 Å². The molecule has 0 amide bonds. The van der Waals surface area contributed by atoms with Crippen LogP contribution in [0.3, 0.4) is 0 Å². The first-order valence-corrected chi connectivity index (χ1v) is 10.9. The van der Waals surface area contributed by atoms with Crippen molar-refractivity contribution in [2.45, 2.75) is 83.3 Å². The lowest BCUT2D eigenvalue weighted by Gasteiger charge is -2.67. The Morgan fingerprint density at radius 2 is 1.85 bits per heavy atom. The summed E-state index contributed by atoms with van der Waals surface area (Å²) in [6.45, 7) is 12.6. The van der Waals surface area contributed by atoms with Crippen molar-refractivity contribution in [1.29, 1.82) is 0 Å². The first-order valence-electron chi connectivity index (χ1n) is 10.9. The van der Waals surface area contributed by atoms with E-state index in [0.29, 0.717) is 62.6 Å². The van der Waals surface area contributed by atoms with Crippen LogP contribution in [0.4, 0.5) is 4.39 Å². The van der Waals surface area contributed by atoms with Crippen molar-refractivity contribution in [3.63, 3.8) is 0 Å². The number of hydrogen-bond donors (Lipinski definition) is 1. The molecule has 1 aliphatic heterocycles. The molecule has 5 rings (SSSR count). The van der Waals surface area contributed by atoms with Crippen molar-refractivity contribution in [2.24, 2.45) is 34.5 Å². The van der Waals surface area contributed by atoms with Gasteiger partial charge in [-0.15, -0.1) is 0 Å². The molecule has 0 aromatic rings. The van der Waals surface area contributed by atoms with Gasteiger partial charge in [0.25, 0.3) is 0 Å². The lowest BCUT2D eigenvalue weighted by Crippen LogP contribution is -2.68. The molecule has 1 spiro atoms. The molecule has 0 bridgehead atoms. The minimum absolute atomic E-state index is 0.103. The third-order valence-electron chi connectivity index (χ3n) is 9.77. The van der Waals surface area contributed by atoms with Crippen LogP contribution in [-0.2, 0) is 9.47 Å². The van der Waals surface area contributed by atoms with Crippen molar-refractivity contribution < 1.29 is 19.0 Å². The summed E-state index contributed by atoms with van der Waals surface area (Å²) in [4.78, 5) is 0. The van der Waals surface area contributed by atoms with E-state index in [9.17, 15) is 9.50 Å². The second-order valence-corrected chi connectivity index (χ2v) is 11.0. The van der Waals surface area contributed by atoms with E-state index in [4.69, 9.17) is 9.47 Å². The first-order chi connectivity index (χ1) is 12.6. The Balaban J connectivity index is 1.54. The molecule has 27 heavy (non-hydrogen) atoms. The number of rotatable bonds is 0. The molecule has 4 heteroatoms. The molecule has 8 atom stereocenters. The molecule has 1 saturated heterocycles. The number of fused-ring (bicyclic) bond motifs is 5. The smallest absolute Gasteiger partial charge is 0.171 e. The molecule has 0 aromatic heterocycles. The van der Waals surface area contributed by atoms with Gasteiger partial charge in [0, 0.05) is 18.3 Å². The van der Waals surface area contributed by atoms with E-state index < -0.39 is 17.6 Å². The summed E-state index contributed by atoms with van der Waals surface area (Å²) in [5.74, 6) is 0.767. The van der Waals surface area contributed by atoms with Crippen LogP contribution in [0.15, 0.2) is 12.2 Å². The van der Waals surface area contributed by atoms with Crippen LogP contribution in [0.2, 0.25) is 0 Å². The number of hydrogen-bond acceptors (Lipinski definition) is 3. The summed E-state index contributed by atoms with van der Waals surface area (Å²) in [7, 11) is 0. The van der Waals surface area contributed by atoms with Gasteiger partial charge in [-0.3, -0.25) is 0 Å². The van der Waals surface area contributed by atoms with Crippen molar-refractivity contribution in [3.8, 4) is 0 Å². The molecule has 5 aliphatic rings. The molecule has 3 nitrogen and oxygen atoms in total. The molecule has 1 heterocycles. The van der Waals surface area contributed by atoms with E-state index in [-0.39, 0.29) is 10.8 Å². The van der Waals surface area contributed by atoms with Crippen molar-refractivity contribution in [3.05, 3.63) is 12.2 Å². The molecule has 4 saturated carbocycles. The lowest BCUT2D eigenvalue weighted by molar-refractivity contribution is -0.294. The first kappa shape index (κ1) is 18.6. The van der Waals surface area contributed by atoms with E-state index in [1.807, 2.05) is 0 Å². The van der Waals surface area contributed by atoms with Crippen LogP contribution < -0.4 is 0 Å². The fraction of sp³-hybridized carbons (Fsp3) is 0.913. The standard InChI is InChI=1S/C23H35FO3/c1-14-10-22(25)13-23(26-7-8-27-23)11-15(2)21(22,4)17-5-6-20(3)12-16(24)9-18(20)19(14)17/h15-19,25H,1,5-13H2,2-4H3/t15-,16?,17+,18+,19-,20-,21-,22?/m1/s1. The zero-order chi connectivity index (χ0) is 19.2. The summed E-state index contributed by atoms with van der Waals surface area (Å²) in [5, 5.41) is 12.0. The van der Waals surface area contributed by atoms with Gasteiger partial charge in [0.05, 0.1) is 18.8 Å². The van der Waals surface area contributed by atoms with Gasteiger partial charge in [0.1, 0.15) is 6.17 Å². The molecule has 152 valence electrons. The molecule has 1 N–H and O–H groups in total. The lowest BCUT2D eigenvalue weighted by atomic mass is 9.40. The minimum Gasteiger partial charge on any atom is -0.389 e. The highest BCUT2D eigenvalue weighted by Gasteiger charge is 2.69. The van der Waals surface area contributed by atoms with Crippen molar-refractivity contribution in [2.75, 3.05) is 13.2 Å². The second-order valence-electron chi connectivity index (χ2n) is 11.0. The van der Waals surface area contributed by atoms with Crippen LogP contribution in [0, 0.1) is 34.5 Å². The largest absolute Gasteiger partial charge is 0.389 e. The summed E-state index contributed by atoms with van der Waals surface area (Å²) < 4.78 is 26.5. The Bertz CT molecular complexity index is 658. The number of aliphatic hydroxyl groups is 1. The van der Waals surface area contributed by atoms with Gasteiger partial charge in [-0.2, -0.15) is 0 Å². The van der Waals surface area contributed by atoms with Gasteiger partial charge >= 0.3 is 0 Å². The van der Waals surface area contributed by atoms with Crippen molar-refractivity contribution >= 4 is 0 Å². The normalized spacial score (nSPS) is 56.6. The average molecular weight is 379 g/mol. The molecule has 4 aliphatic carbocycles. The predicted molar refractivity (Wildman–Crippen MR) is 102 cm³/mol. The van der Waals surface area contributed by atoms with Crippen LogP contribution in [0.1, 0.15) is 65.7 Å². The Hall–Kier alpha value is -0.450. The van der Waals surface area contributed by atoms with E-state index >= 15 is 0 Å². The highest BCUT2D eigenvalue weighted by molar-refractivity contribution is 5.27. The van der Waals surface area contributed by atoms with Gasteiger partial charge in [-0.25, -0.2) is 4.39 Å². The maximum Gasteiger partial charge on any atom is 0.171 e. The SMILES string of the molecule is C=C1CC2(O)CC3(C[C@@H](C)[C@]2(C)[C@H]2CC[C@]4(C)CC(F)C[C@H]4[C@H]12)OCCO3. The Morgan fingerprint density at radius 1 is 1.15 bits per heavy atom. The number of halogens is 1. The van der Waals surface area contributed by atoms with E-state index in [2.05, 4.69) is 27.4 Å². The van der Waals surface area contributed by atoms with Crippen LogP contribution >= 0.6 is 0 Å². The highest BCUT2D eigenvalue weighted by atomic mass is 19.1. The summed E-state index contributed by atoms with van der Waals surface area (Å²) in [6, 6.07) is 0. The van der Waals surface area contributed by atoms with Gasteiger partial charge in [0.2, 0.25) is 0 Å². The monoisotopic (exact) mass is 378 g/mol. The molecule has 0 radical (unpaired) electrons. The number of ether oxygens (including phenoxy) is 2. The molecular formula is C23H35FO3. The molecule has 2 unspecified atom stereocenters. The Kier molecular flexibility index (Phi) is 3.84. The summed E-state index contributed by atoms with van der Waals surface area (Å²) in [5.41, 5.74) is 0.197. The Morgan fingerprint density at radius 3 is 2.56 bits per heavy atom. The average Bonchev–Trinajstić information content (AvgIpc) is 3.13. The van der Waals surface area contributed by atoms with Crippen LogP contribution in [0.5, 0.6) is 0 Å². The quantitative estimate of drug-likeness (QED) is 0.624. The zero-order valence-electron chi connectivity index (χ0n) is 17.1. The van der Waals surface area contributed by atoms with Gasteiger partial charge < -0.3 is 14.6 Å². The van der Waals surface area contributed by atoms with Crippen molar-refractivity contribution in [1.82, 2.24) is 0 Å². The maximum atomic E-state index is 14.4. The summed E-state index contributed by atoms with van der Waals surface area (Å²) in [6.07, 6.45) is 4.83. The fourth-order valence-electron chi connectivity index (χ4n) is 8.37. The molecular weight excluding hydrogens is 343 g/mol. The molecule has 5 fully saturated rings. The van der Waals surface area contributed by atoms with Gasteiger partial charge in [-0.1, -0.05) is 32.9 Å². The topological polar surface area (TPSA) is 38.7 Å². The van der Waals surface area contributed by atoms with Crippen LogP contribution in [-0.4, -0.2) is 35.9 Å². The van der Waals surface area contributed by atoms with Crippen LogP contribution in [0.25, 0.3) is 0 Å². The minimum atomic E-state index is -0.852. The van der Waals surface area contributed by atoms with Gasteiger partial charge in [0.15, 0.2) is 5.79 Å². The predicted octanol–water partition coefficient (Wildman–Crippen LogP) is 4.64. The fourth-order valence-corrected chi connectivity index (χ4v) is 8.37. The third-order valence-corrected chi connectivity index (χ3v) is 9.77. The van der Waals surface area contributed by atoms with E-state index in [1.54, 1.807) is 0 Å². The highest BCUT2D eigenvalue weighted by Crippen LogP contribution is 2.70. The van der Waals surface area contributed by atoms with E-state index in [1.165, 1.54) is 0 Å². The number of alkyl halides is 1. The second kappa shape index (κ2) is 5.58. The van der Waals surface area contributed by atoms with E-state index in [0.717, 1.165) is 24.8 Å². The summed E-state index contributed by atoms with van der Waals surface area (Å²) >= 11 is 0. The Labute approximate surface area is 162 Å².